The zero-order chi connectivity index (χ0) is 22.2. The summed E-state index contributed by atoms with van der Waals surface area (Å²) >= 11 is 0. The van der Waals surface area contributed by atoms with Gasteiger partial charge >= 0.3 is 0 Å². The Kier molecular flexibility index (Phi) is 4.55. The van der Waals surface area contributed by atoms with Crippen molar-refractivity contribution in [3.8, 4) is 17.6 Å². The Morgan fingerprint density at radius 1 is 1.31 bits per heavy atom. The number of nitriles is 1. The maximum atomic E-state index is 11.3. The van der Waals surface area contributed by atoms with Crippen molar-refractivity contribution in [2.45, 2.75) is 13.5 Å². The monoisotopic (exact) mass is 430 g/mol. The summed E-state index contributed by atoms with van der Waals surface area (Å²) in [5, 5.41) is 23.4. The quantitative estimate of drug-likeness (QED) is 0.434. The van der Waals surface area contributed by atoms with E-state index in [1.807, 2.05) is 10.7 Å². The summed E-state index contributed by atoms with van der Waals surface area (Å²) in [6, 6.07) is 7.27. The molecule has 12 heteroatoms. The molecule has 0 aromatic carbocycles. The van der Waals surface area contributed by atoms with Crippen molar-refractivity contribution < 1.29 is 9.53 Å². The van der Waals surface area contributed by atoms with E-state index in [0.29, 0.717) is 34.5 Å². The zero-order valence-corrected chi connectivity index (χ0v) is 17.2. The van der Waals surface area contributed by atoms with E-state index in [4.69, 9.17) is 4.74 Å². The van der Waals surface area contributed by atoms with Crippen molar-refractivity contribution in [2.24, 2.45) is 7.05 Å². The molecule has 0 atom stereocenters. The van der Waals surface area contributed by atoms with E-state index in [1.54, 1.807) is 23.7 Å². The Labute approximate surface area is 181 Å². The molecule has 0 radical (unpaired) electrons. The second kappa shape index (κ2) is 7.55. The van der Waals surface area contributed by atoms with E-state index >= 15 is 0 Å². The van der Waals surface area contributed by atoms with Gasteiger partial charge in [0.25, 0.3) is 0 Å². The highest BCUT2D eigenvalue weighted by Crippen LogP contribution is 2.32. The van der Waals surface area contributed by atoms with E-state index in [9.17, 15) is 10.1 Å². The van der Waals surface area contributed by atoms with Crippen LogP contribution in [0.2, 0.25) is 0 Å². The van der Waals surface area contributed by atoms with Gasteiger partial charge in [0.1, 0.15) is 34.5 Å². The van der Waals surface area contributed by atoms with Crippen LogP contribution in [0, 0.1) is 11.3 Å². The number of nitrogens with one attached hydrogen (secondary N) is 3. The summed E-state index contributed by atoms with van der Waals surface area (Å²) in [6.07, 6.45) is 2.95. The van der Waals surface area contributed by atoms with Gasteiger partial charge in [-0.3, -0.25) is 4.79 Å². The maximum absolute atomic E-state index is 11.3. The van der Waals surface area contributed by atoms with Gasteiger partial charge in [0, 0.05) is 38.8 Å². The molecule has 0 saturated heterocycles. The number of aromatic nitrogens is 6. The Balaban J connectivity index is 1.48. The molecule has 32 heavy (non-hydrogen) atoms. The van der Waals surface area contributed by atoms with Crippen LogP contribution < -0.4 is 20.7 Å². The zero-order valence-electron chi connectivity index (χ0n) is 17.2. The highest BCUT2D eigenvalue weighted by molar-refractivity contribution is 5.88. The van der Waals surface area contributed by atoms with Crippen LogP contribution in [-0.2, 0) is 18.4 Å². The van der Waals surface area contributed by atoms with Gasteiger partial charge in [-0.25, -0.2) is 14.6 Å². The number of fused-ring (bicyclic) bond motifs is 2. The number of carbonyl (C=O) groups excluding carboxylic acids is 1. The van der Waals surface area contributed by atoms with Crippen LogP contribution >= 0.6 is 0 Å². The number of hydrogen-bond acceptors (Lipinski definition) is 9. The van der Waals surface area contributed by atoms with E-state index in [2.05, 4.69) is 42.1 Å². The number of aryl methyl sites for hydroxylation is 1. The van der Waals surface area contributed by atoms with Crippen LogP contribution in [0.25, 0.3) is 11.2 Å². The SMILES string of the molecule is CC(=O)Nc1cc(Oc2cnc3nc(Nc4cc5n(n4)CCN5)n(C)c3c2C#N)ccn1. The van der Waals surface area contributed by atoms with Crippen LogP contribution in [0.15, 0.2) is 30.6 Å². The van der Waals surface area contributed by atoms with Gasteiger partial charge in [-0.2, -0.15) is 15.3 Å². The summed E-state index contributed by atoms with van der Waals surface area (Å²) in [5.41, 5.74) is 1.20. The van der Waals surface area contributed by atoms with Gasteiger partial charge in [-0.15, -0.1) is 0 Å². The standard InChI is InChI=1S/C20H18N10O2/c1-11(31)25-15-7-12(3-4-22-15)32-14-10-24-19-18(13(14)9-21)29(2)20(27-19)26-16-8-17-23-5-6-30(17)28-16/h3-4,7-8,10,23H,5-6H2,1-2H3,(H,22,25,31)(H,24,26,27,28). The lowest BCUT2D eigenvalue weighted by Crippen LogP contribution is -2.07. The third kappa shape index (κ3) is 3.41. The second-order valence-electron chi connectivity index (χ2n) is 7.13. The number of pyridine rings is 2. The van der Waals surface area contributed by atoms with Crippen molar-refractivity contribution in [1.82, 2.24) is 29.3 Å². The molecule has 1 amide bonds. The maximum Gasteiger partial charge on any atom is 0.222 e. The molecule has 0 fully saturated rings. The van der Waals surface area contributed by atoms with Crippen LogP contribution in [-0.4, -0.2) is 41.8 Å². The molecular weight excluding hydrogens is 412 g/mol. The molecule has 1 aliphatic heterocycles. The summed E-state index contributed by atoms with van der Waals surface area (Å²) in [7, 11) is 1.79. The van der Waals surface area contributed by atoms with Crippen molar-refractivity contribution >= 4 is 40.5 Å². The molecular formula is C20H18N10O2. The minimum absolute atomic E-state index is 0.246. The molecule has 12 nitrogen and oxygen atoms in total. The Hall–Kier alpha value is -4.66. The second-order valence-corrected chi connectivity index (χ2v) is 7.13. The van der Waals surface area contributed by atoms with Gasteiger partial charge in [0.15, 0.2) is 17.2 Å². The largest absolute Gasteiger partial charge is 0.454 e. The van der Waals surface area contributed by atoms with E-state index in [-0.39, 0.29) is 17.2 Å². The molecule has 0 saturated carbocycles. The summed E-state index contributed by atoms with van der Waals surface area (Å²) in [6.45, 7) is 3.05. The average molecular weight is 430 g/mol. The fraction of sp³-hybridized carbons (Fsp3) is 0.200. The van der Waals surface area contributed by atoms with E-state index < -0.39 is 0 Å². The first-order chi connectivity index (χ1) is 15.5. The van der Waals surface area contributed by atoms with Crippen LogP contribution in [0.5, 0.6) is 11.5 Å². The molecule has 5 heterocycles. The third-order valence-electron chi connectivity index (χ3n) is 4.89. The summed E-state index contributed by atoms with van der Waals surface area (Å²) in [5.74, 6) is 2.84. The lowest BCUT2D eigenvalue weighted by Gasteiger charge is -2.09. The molecule has 3 N–H and O–H groups in total. The number of imidazole rings is 1. The minimum atomic E-state index is -0.246. The fourth-order valence-electron chi connectivity index (χ4n) is 3.50. The van der Waals surface area contributed by atoms with Crippen molar-refractivity contribution in [2.75, 3.05) is 22.5 Å². The summed E-state index contributed by atoms with van der Waals surface area (Å²) < 4.78 is 9.50. The predicted octanol–water partition coefficient (Wildman–Crippen LogP) is 2.35. The average Bonchev–Trinajstić information content (AvgIpc) is 3.43. The molecule has 0 aliphatic carbocycles. The predicted molar refractivity (Wildman–Crippen MR) is 116 cm³/mol. The Bertz CT molecular complexity index is 1380. The van der Waals surface area contributed by atoms with Crippen LogP contribution in [0.3, 0.4) is 0 Å². The van der Waals surface area contributed by atoms with Crippen LogP contribution in [0.4, 0.5) is 23.4 Å². The van der Waals surface area contributed by atoms with Gasteiger partial charge < -0.3 is 25.3 Å². The van der Waals surface area contributed by atoms with Crippen molar-refractivity contribution in [3.63, 3.8) is 0 Å². The number of ether oxygens (including phenoxy) is 1. The van der Waals surface area contributed by atoms with Gasteiger partial charge in [-0.05, 0) is 6.07 Å². The topological polar surface area (TPSA) is 148 Å². The van der Waals surface area contributed by atoms with E-state index in [0.717, 1.165) is 18.9 Å². The Morgan fingerprint density at radius 2 is 2.19 bits per heavy atom. The summed E-state index contributed by atoms with van der Waals surface area (Å²) in [4.78, 5) is 24.2. The number of anilines is 4. The molecule has 160 valence electrons. The molecule has 0 spiro atoms. The molecule has 4 aromatic rings. The van der Waals surface area contributed by atoms with E-state index in [1.165, 1.54) is 19.3 Å². The van der Waals surface area contributed by atoms with Gasteiger partial charge in [0.05, 0.1) is 12.7 Å². The molecule has 0 unspecified atom stereocenters. The highest BCUT2D eigenvalue weighted by Gasteiger charge is 2.20. The number of amides is 1. The molecule has 4 aromatic heterocycles. The van der Waals surface area contributed by atoms with Gasteiger partial charge in [0.2, 0.25) is 11.9 Å². The first-order valence-electron chi connectivity index (χ1n) is 9.77. The van der Waals surface area contributed by atoms with Crippen molar-refractivity contribution in [1.29, 1.82) is 5.26 Å². The fourth-order valence-corrected chi connectivity index (χ4v) is 3.50. The normalized spacial score (nSPS) is 12.2. The first-order valence-corrected chi connectivity index (χ1v) is 9.77. The number of rotatable bonds is 5. The third-order valence-corrected chi connectivity index (χ3v) is 4.89. The van der Waals surface area contributed by atoms with Crippen molar-refractivity contribution in [3.05, 3.63) is 36.2 Å². The first kappa shape index (κ1) is 19.3. The number of hydrogen-bond donors (Lipinski definition) is 3. The lowest BCUT2D eigenvalue weighted by molar-refractivity contribution is -0.114. The lowest BCUT2D eigenvalue weighted by atomic mass is 10.2. The van der Waals surface area contributed by atoms with Gasteiger partial charge in [-0.1, -0.05) is 0 Å². The minimum Gasteiger partial charge on any atom is -0.454 e. The molecule has 0 bridgehead atoms. The Morgan fingerprint density at radius 3 is 2.97 bits per heavy atom. The molecule has 1 aliphatic rings. The highest BCUT2D eigenvalue weighted by atomic mass is 16.5. The molecule has 5 rings (SSSR count). The number of nitrogens with zero attached hydrogens (tertiary/aromatic N) is 7. The number of carbonyl (C=O) groups is 1. The smallest absolute Gasteiger partial charge is 0.222 e. The van der Waals surface area contributed by atoms with Crippen LogP contribution in [0.1, 0.15) is 12.5 Å².